The molecule has 0 aliphatic rings. The second kappa shape index (κ2) is 5.52. The molecule has 4 heteroatoms. The molecule has 0 amide bonds. The van der Waals surface area contributed by atoms with Gasteiger partial charge < -0.3 is 9.84 Å². The Morgan fingerprint density at radius 2 is 2.21 bits per heavy atom. The smallest absolute Gasteiger partial charge is 0.336 e. The average molecular weight is 257 g/mol. The quantitative estimate of drug-likeness (QED) is 0.914. The number of hydrogen-bond acceptors (Lipinski definition) is 3. The molecule has 0 saturated carbocycles. The number of carboxylic acids is 1. The van der Waals surface area contributed by atoms with Crippen molar-refractivity contribution in [2.24, 2.45) is 0 Å². The standard InChI is InChI=1S/C15H15NO3/c1-3-10-7-12(11-5-4-6-16-9-11)13(15(17)18)8-14(10)19-2/h4-9H,3H2,1-2H3,(H,17,18). The van der Waals surface area contributed by atoms with Gasteiger partial charge in [-0.15, -0.1) is 0 Å². The third kappa shape index (κ3) is 2.57. The third-order valence-corrected chi connectivity index (χ3v) is 3.00. The highest BCUT2D eigenvalue weighted by atomic mass is 16.5. The van der Waals surface area contributed by atoms with Crippen LogP contribution in [0.2, 0.25) is 0 Å². The van der Waals surface area contributed by atoms with Gasteiger partial charge in [0, 0.05) is 18.0 Å². The minimum absolute atomic E-state index is 0.224. The van der Waals surface area contributed by atoms with Crippen LogP contribution in [0.1, 0.15) is 22.8 Å². The second-order valence-corrected chi connectivity index (χ2v) is 4.11. The van der Waals surface area contributed by atoms with Gasteiger partial charge in [-0.3, -0.25) is 4.98 Å². The Morgan fingerprint density at radius 3 is 2.74 bits per heavy atom. The molecule has 0 aliphatic heterocycles. The van der Waals surface area contributed by atoms with E-state index in [0.29, 0.717) is 11.3 Å². The molecule has 4 nitrogen and oxygen atoms in total. The van der Waals surface area contributed by atoms with Gasteiger partial charge >= 0.3 is 5.97 Å². The van der Waals surface area contributed by atoms with Gasteiger partial charge in [-0.1, -0.05) is 13.0 Å². The number of hydrogen-bond donors (Lipinski definition) is 1. The fourth-order valence-corrected chi connectivity index (χ4v) is 2.03. The summed E-state index contributed by atoms with van der Waals surface area (Å²) in [6.07, 6.45) is 4.10. The number of nitrogens with zero attached hydrogens (tertiary/aromatic N) is 1. The van der Waals surface area contributed by atoms with Crippen LogP contribution in [0.5, 0.6) is 5.75 Å². The summed E-state index contributed by atoms with van der Waals surface area (Å²) in [5.41, 5.74) is 2.66. The van der Waals surface area contributed by atoms with E-state index in [0.717, 1.165) is 17.5 Å². The van der Waals surface area contributed by atoms with Crippen molar-refractivity contribution in [2.45, 2.75) is 13.3 Å². The van der Waals surface area contributed by atoms with Crippen molar-refractivity contribution in [1.29, 1.82) is 0 Å². The molecular formula is C15H15NO3. The maximum Gasteiger partial charge on any atom is 0.336 e. The molecule has 1 aromatic carbocycles. The highest BCUT2D eigenvalue weighted by Gasteiger charge is 2.16. The molecular weight excluding hydrogens is 242 g/mol. The van der Waals surface area contributed by atoms with Crippen molar-refractivity contribution in [3.63, 3.8) is 0 Å². The Morgan fingerprint density at radius 1 is 1.42 bits per heavy atom. The van der Waals surface area contributed by atoms with Crippen molar-refractivity contribution in [1.82, 2.24) is 4.98 Å². The van der Waals surface area contributed by atoms with Crippen molar-refractivity contribution in [3.8, 4) is 16.9 Å². The van der Waals surface area contributed by atoms with E-state index >= 15 is 0 Å². The van der Waals surface area contributed by atoms with E-state index in [1.807, 2.05) is 19.1 Å². The van der Waals surface area contributed by atoms with Gasteiger partial charge in [0.1, 0.15) is 5.75 Å². The van der Waals surface area contributed by atoms with E-state index in [9.17, 15) is 9.90 Å². The average Bonchev–Trinajstić information content (AvgIpc) is 2.46. The zero-order valence-corrected chi connectivity index (χ0v) is 10.9. The van der Waals surface area contributed by atoms with Crippen LogP contribution in [0.3, 0.4) is 0 Å². The molecule has 0 atom stereocenters. The minimum Gasteiger partial charge on any atom is -0.496 e. The molecule has 19 heavy (non-hydrogen) atoms. The van der Waals surface area contributed by atoms with E-state index in [1.165, 1.54) is 0 Å². The van der Waals surface area contributed by atoms with Crippen molar-refractivity contribution >= 4 is 5.97 Å². The Balaban J connectivity index is 2.68. The second-order valence-electron chi connectivity index (χ2n) is 4.11. The monoisotopic (exact) mass is 257 g/mol. The molecule has 1 N–H and O–H groups in total. The van der Waals surface area contributed by atoms with E-state index in [-0.39, 0.29) is 5.56 Å². The lowest BCUT2D eigenvalue weighted by Crippen LogP contribution is -2.03. The van der Waals surface area contributed by atoms with E-state index in [1.54, 1.807) is 31.6 Å². The Kier molecular flexibility index (Phi) is 3.80. The number of methoxy groups -OCH3 is 1. The Labute approximate surface area is 111 Å². The lowest BCUT2D eigenvalue weighted by atomic mass is 9.96. The molecule has 98 valence electrons. The number of ether oxygens (including phenoxy) is 1. The predicted molar refractivity (Wildman–Crippen MR) is 72.6 cm³/mol. The van der Waals surface area contributed by atoms with Crippen molar-refractivity contribution < 1.29 is 14.6 Å². The van der Waals surface area contributed by atoms with Gasteiger partial charge in [0.05, 0.1) is 12.7 Å². The molecule has 2 rings (SSSR count). The van der Waals surface area contributed by atoms with Crippen molar-refractivity contribution in [3.05, 3.63) is 47.8 Å². The predicted octanol–water partition coefficient (Wildman–Crippen LogP) is 3.02. The number of rotatable bonds is 4. The van der Waals surface area contributed by atoms with Crippen LogP contribution in [0.25, 0.3) is 11.1 Å². The number of aryl methyl sites for hydroxylation is 1. The topological polar surface area (TPSA) is 59.4 Å². The first-order chi connectivity index (χ1) is 9.17. The van der Waals surface area contributed by atoms with E-state index in [2.05, 4.69) is 4.98 Å². The van der Waals surface area contributed by atoms with Crippen LogP contribution in [0.4, 0.5) is 0 Å². The zero-order chi connectivity index (χ0) is 13.8. The number of aromatic carboxylic acids is 1. The van der Waals surface area contributed by atoms with Crippen LogP contribution in [0, 0.1) is 0 Å². The van der Waals surface area contributed by atoms with Gasteiger partial charge in [-0.25, -0.2) is 4.79 Å². The normalized spacial score (nSPS) is 10.2. The first-order valence-corrected chi connectivity index (χ1v) is 6.02. The number of benzene rings is 1. The highest BCUT2D eigenvalue weighted by molar-refractivity contribution is 5.96. The molecule has 0 unspecified atom stereocenters. The first-order valence-electron chi connectivity index (χ1n) is 6.02. The van der Waals surface area contributed by atoms with Crippen LogP contribution < -0.4 is 4.74 Å². The zero-order valence-electron chi connectivity index (χ0n) is 10.9. The molecule has 0 spiro atoms. The van der Waals surface area contributed by atoms with E-state index in [4.69, 9.17) is 4.74 Å². The molecule has 2 aromatic rings. The molecule has 1 heterocycles. The molecule has 0 saturated heterocycles. The SMILES string of the molecule is CCc1cc(-c2cccnc2)c(C(=O)O)cc1OC. The Hall–Kier alpha value is -2.36. The number of carboxylic acid groups (broad SMARTS) is 1. The van der Waals surface area contributed by atoms with E-state index < -0.39 is 5.97 Å². The summed E-state index contributed by atoms with van der Waals surface area (Å²) in [6, 6.07) is 7.07. The van der Waals surface area contributed by atoms with Crippen molar-refractivity contribution in [2.75, 3.05) is 7.11 Å². The number of carbonyl (C=O) groups is 1. The number of aromatic nitrogens is 1. The summed E-state index contributed by atoms with van der Waals surface area (Å²) in [7, 11) is 1.55. The fraction of sp³-hybridized carbons (Fsp3) is 0.200. The largest absolute Gasteiger partial charge is 0.496 e. The summed E-state index contributed by atoms with van der Waals surface area (Å²) < 4.78 is 5.24. The maximum atomic E-state index is 11.4. The fourth-order valence-electron chi connectivity index (χ4n) is 2.03. The van der Waals surface area contributed by atoms with Crippen LogP contribution in [0.15, 0.2) is 36.7 Å². The van der Waals surface area contributed by atoms with Gasteiger partial charge in [0.25, 0.3) is 0 Å². The minimum atomic E-state index is -0.972. The van der Waals surface area contributed by atoms with Gasteiger partial charge in [-0.05, 0) is 35.7 Å². The molecule has 0 fully saturated rings. The highest BCUT2D eigenvalue weighted by Crippen LogP contribution is 2.31. The summed E-state index contributed by atoms with van der Waals surface area (Å²) in [6.45, 7) is 2.01. The Bertz CT molecular complexity index is 594. The summed E-state index contributed by atoms with van der Waals surface area (Å²) >= 11 is 0. The molecule has 0 aliphatic carbocycles. The lowest BCUT2D eigenvalue weighted by molar-refractivity contribution is 0.0697. The van der Waals surface area contributed by atoms with Crippen LogP contribution in [-0.2, 0) is 6.42 Å². The molecule has 0 bridgehead atoms. The molecule has 0 radical (unpaired) electrons. The lowest BCUT2D eigenvalue weighted by Gasteiger charge is -2.12. The van der Waals surface area contributed by atoms with Gasteiger partial charge in [-0.2, -0.15) is 0 Å². The molecule has 1 aromatic heterocycles. The number of pyridine rings is 1. The summed E-state index contributed by atoms with van der Waals surface area (Å²) in [4.78, 5) is 15.4. The van der Waals surface area contributed by atoms with Gasteiger partial charge in [0.15, 0.2) is 0 Å². The summed E-state index contributed by atoms with van der Waals surface area (Å²) in [5.74, 6) is -0.368. The van der Waals surface area contributed by atoms with Crippen LogP contribution >= 0.6 is 0 Å². The van der Waals surface area contributed by atoms with Gasteiger partial charge in [0.2, 0.25) is 0 Å². The maximum absolute atomic E-state index is 11.4. The van der Waals surface area contributed by atoms with Crippen LogP contribution in [-0.4, -0.2) is 23.2 Å². The summed E-state index contributed by atoms with van der Waals surface area (Å²) in [5, 5.41) is 9.33. The third-order valence-electron chi connectivity index (χ3n) is 3.00. The first kappa shape index (κ1) is 13.1.